The first-order valence-corrected chi connectivity index (χ1v) is 4.60. The first kappa shape index (κ1) is 12.9. The molecule has 0 unspecified atom stereocenters. The van der Waals surface area contributed by atoms with Crippen LogP contribution in [0.3, 0.4) is 0 Å². The Labute approximate surface area is 94.7 Å². The fraction of sp³-hybridized carbons (Fsp3) is 0.200. The third-order valence-electron chi connectivity index (χ3n) is 1.87. The van der Waals surface area contributed by atoms with Crippen molar-refractivity contribution in [1.82, 2.24) is 0 Å². The normalized spacial score (nSPS) is 10.0. The average Bonchev–Trinajstić information content (AvgIpc) is 2.23. The van der Waals surface area contributed by atoms with Crippen molar-refractivity contribution >= 4 is 17.6 Å². The molecule has 0 saturated heterocycles. The minimum Gasteiger partial charge on any atom is -0.503 e. The molecule has 1 aromatic carbocycles. The van der Waals surface area contributed by atoms with Crippen molar-refractivity contribution in [3.63, 3.8) is 0 Å². The number of aromatic hydroxyl groups is 1. The molecule has 5 nitrogen and oxygen atoms in total. The number of hydrogen-bond acceptors (Lipinski definition) is 3. The van der Waals surface area contributed by atoms with Gasteiger partial charge in [-0.3, -0.25) is 9.59 Å². The van der Waals surface area contributed by atoms with Crippen molar-refractivity contribution in [2.75, 3.05) is 5.32 Å². The van der Waals surface area contributed by atoms with Crippen LogP contribution in [0.25, 0.3) is 0 Å². The first-order chi connectivity index (χ1) is 7.90. The van der Waals surface area contributed by atoms with E-state index in [4.69, 9.17) is 10.2 Å². The van der Waals surface area contributed by atoms with E-state index < -0.39 is 29.3 Å². The number of halogens is 2. The first-order valence-electron chi connectivity index (χ1n) is 4.60. The van der Waals surface area contributed by atoms with Crippen molar-refractivity contribution in [3.8, 4) is 5.75 Å². The molecule has 0 saturated carbocycles. The van der Waals surface area contributed by atoms with Gasteiger partial charge in [-0.25, -0.2) is 8.78 Å². The molecule has 0 aliphatic carbocycles. The van der Waals surface area contributed by atoms with Crippen molar-refractivity contribution in [2.45, 2.75) is 12.8 Å². The van der Waals surface area contributed by atoms with E-state index in [0.29, 0.717) is 0 Å². The maximum Gasteiger partial charge on any atom is 0.303 e. The van der Waals surface area contributed by atoms with Crippen LogP contribution in [0.4, 0.5) is 14.5 Å². The van der Waals surface area contributed by atoms with Gasteiger partial charge in [-0.05, 0) is 0 Å². The van der Waals surface area contributed by atoms with E-state index >= 15 is 0 Å². The SMILES string of the molecule is O=C(O)CCC(=O)Nc1cc(F)c(O)c(F)c1. The Morgan fingerprint density at radius 1 is 1.18 bits per heavy atom. The number of carbonyl (C=O) groups excluding carboxylic acids is 1. The molecule has 0 atom stereocenters. The fourth-order valence-electron chi connectivity index (χ4n) is 1.08. The van der Waals surface area contributed by atoms with Crippen LogP contribution in [0, 0.1) is 11.6 Å². The van der Waals surface area contributed by atoms with E-state index in [9.17, 15) is 18.4 Å². The van der Waals surface area contributed by atoms with Gasteiger partial charge in [0.15, 0.2) is 17.4 Å². The number of carbonyl (C=O) groups is 2. The summed E-state index contributed by atoms with van der Waals surface area (Å²) in [4.78, 5) is 21.3. The molecular weight excluding hydrogens is 236 g/mol. The molecular formula is C10H9F2NO4. The lowest BCUT2D eigenvalue weighted by molar-refractivity contribution is -0.138. The van der Waals surface area contributed by atoms with Crippen molar-refractivity contribution in [1.29, 1.82) is 0 Å². The van der Waals surface area contributed by atoms with Gasteiger partial charge in [-0.15, -0.1) is 0 Å². The van der Waals surface area contributed by atoms with Crippen LogP contribution in [0.5, 0.6) is 5.75 Å². The topological polar surface area (TPSA) is 86.6 Å². The molecule has 0 spiro atoms. The highest BCUT2D eigenvalue weighted by Gasteiger charge is 2.11. The van der Waals surface area contributed by atoms with Crippen LogP contribution in [0.15, 0.2) is 12.1 Å². The second-order valence-corrected chi connectivity index (χ2v) is 3.23. The average molecular weight is 245 g/mol. The highest BCUT2D eigenvalue weighted by Crippen LogP contribution is 2.24. The maximum atomic E-state index is 12.9. The Balaban J connectivity index is 2.69. The lowest BCUT2D eigenvalue weighted by Crippen LogP contribution is -2.13. The minimum atomic E-state index is -1.21. The van der Waals surface area contributed by atoms with Crippen molar-refractivity contribution in [3.05, 3.63) is 23.8 Å². The van der Waals surface area contributed by atoms with Crippen LogP contribution in [-0.4, -0.2) is 22.1 Å². The smallest absolute Gasteiger partial charge is 0.303 e. The number of aliphatic carboxylic acids is 1. The summed E-state index contributed by atoms with van der Waals surface area (Å²) in [7, 11) is 0. The van der Waals surface area contributed by atoms with Gasteiger partial charge in [-0.2, -0.15) is 0 Å². The van der Waals surface area contributed by atoms with Crippen LogP contribution >= 0.6 is 0 Å². The quantitative estimate of drug-likeness (QED) is 0.701. The molecule has 7 heteroatoms. The molecule has 0 heterocycles. The number of phenols is 1. The van der Waals surface area contributed by atoms with E-state index in [-0.39, 0.29) is 18.5 Å². The van der Waals surface area contributed by atoms with Crippen LogP contribution in [-0.2, 0) is 9.59 Å². The Morgan fingerprint density at radius 3 is 2.18 bits per heavy atom. The molecule has 1 amide bonds. The number of benzene rings is 1. The lowest BCUT2D eigenvalue weighted by Gasteiger charge is -2.05. The number of amides is 1. The third kappa shape index (κ3) is 3.71. The summed E-state index contributed by atoms with van der Waals surface area (Å²) in [6, 6.07) is 1.47. The zero-order valence-electron chi connectivity index (χ0n) is 8.54. The second kappa shape index (κ2) is 5.24. The Bertz CT molecular complexity index is 439. The summed E-state index contributed by atoms with van der Waals surface area (Å²) in [6.07, 6.45) is -0.686. The molecule has 17 heavy (non-hydrogen) atoms. The molecule has 0 radical (unpaired) electrons. The Hall–Kier alpha value is -2.18. The minimum absolute atomic E-state index is 0.187. The molecule has 0 bridgehead atoms. The highest BCUT2D eigenvalue weighted by atomic mass is 19.1. The summed E-state index contributed by atoms with van der Waals surface area (Å²) < 4.78 is 25.7. The molecule has 0 aromatic heterocycles. The van der Waals surface area contributed by atoms with Gasteiger partial charge in [0, 0.05) is 24.2 Å². The monoisotopic (exact) mass is 245 g/mol. The predicted octanol–water partition coefficient (Wildman–Crippen LogP) is 1.47. The molecule has 0 aliphatic rings. The Kier molecular flexibility index (Phi) is 3.97. The molecule has 92 valence electrons. The lowest BCUT2D eigenvalue weighted by atomic mass is 10.2. The summed E-state index contributed by atoms with van der Waals surface area (Å²) in [5.74, 6) is -5.38. The van der Waals surface area contributed by atoms with E-state index in [1.165, 1.54) is 0 Å². The van der Waals surface area contributed by atoms with Gasteiger partial charge in [0.05, 0.1) is 6.42 Å². The zero-order chi connectivity index (χ0) is 13.0. The molecule has 0 fully saturated rings. The zero-order valence-corrected chi connectivity index (χ0v) is 8.54. The van der Waals surface area contributed by atoms with Crippen LogP contribution in [0.2, 0.25) is 0 Å². The number of hydrogen-bond donors (Lipinski definition) is 3. The van der Waals surface area contributed by atoms with E-state index in [2.05, 4.69) is 5.32 Å². The maximum absolute atomic E-state index is 12.9. The molecule has 1 rings (SSSR count). The summed E-state index contributed by atoms with van der Waals surface area (Å²) in [5.41, 5.74) is -0.187. The molecule has 3 N–H and O–H groups in total. The van der Waals surface area contributed by atoms with E-state index in [1.807, 2.05) is 0 Å². The standard InChI is InChI=1S/C10H9F2NO4/c11-6-3-5(4-7(12)10(6)17)13-8(14)1-2-9(15)16/h3-4,17H,1-2H2,(H,13,14)(H,15,16). The van der Waals surface area contributed by atoms with Crippen molar-refractivity contribution in [2.24, 2.45) is 0 Å². The summed E-state index contributed by atoms with van der Waals surface area (Å²) in [6.45, 7) is 0. The fourth-order valence-corrected chi connectivity index (χ4v) is 1.08. The molecule has 0 aliphatic heterocycles. The van der Waals surface area contributed by atoms with E-state index in [1.54, 1.807) is 0 Å². The van der Waals surface area contributed by atoms with Crippen molar-refractivity contribution < 1.29 is 28.6 Å². The number of carboxylic acid groups (broad SMARTS) is 1. The number of nitrogens with one attached hydrogen (secondary N) is 1. The van der Waals surface area contributed by atoms with Gasteiger partial charge in [0.25, 0.3) is 0 Å². The highest BCUT2D eigenvalue weighted by molar-refractivity contribution is 5.92. The van der Waals surface area contributed by atoms with Gasteiger partial charge >= 0.3 is 5.97 Å². The Morgan fingerprint density at radius 2 is 1.71 bits per heavy atom. The van der Waals surface area contributed by atoms with Gasteiger partial charge in [0.1, 0.15) is 0 Å². The summed E-state index contributed by atoms with van der Waals surface area (Å²) >= 11 is 0. The summed E-state index contributed by atoms with van der Waals surface area (Å²) in [5, 5.41) is 19.2. The van der Waals surface area contributed by atoms with Crippen LogP contribution < -0.4 is 5.32 Å². The largest absolute Gasteiger partial charge is 0.503 e. The predicted molar refractivity (Wildman–Crippen MR) is 53.5 cm³/mol. The number of phenolic OH excluding ortho intramolecular Hbond substituents is 1. The molecule has 1 aromatic rings. The number of anilines is 1. The second-order valence-electron chi connectivity index (χ2n) is 3.23. The van der Waals surface area contributed by atoms with Gasteiger partial charge in [-0.1, -0.05) is 0 Å². The van der Waals surface area contributed by atoms with Crippen LogP contribution in [0.1, 0.15) is 12.8 Å². The van der Waals surface area contributed by atoms with Gasteiger partial charge in [0.2, 0.25) is 5.91 Å². The number of carboxylic acids is 1. The third-order valence-corrected chi connectivity index (χ3v) is 1.87. The number of rotatable bonds is 4. The van der Waals surface area contributed by atoms with E-state index in [0.717, 1.165) is 12.1 Å². The van der Waals surface area contributed by atoms with Gasteiger partial charge < -0.3 is 15.5 Å².